The molecule has 3 rings (SSSR count). The van der Waals surface area contributed by atoms with Gasteiger partial charge < -0.3 is 10.6 Å². The molecular weight excluding hydrogens is 289 g/mol. The molecule has 1 heterocycles. The highest BCUT2D eigenvalue weighted by Crippen LogP contribution is 2.39. The van der Waals surface area contributed by atoms with Gasteiger partial charge in [-0.3, -0.25) is 0 Å². The molecule has 1 saturated heterocycles. The van der Waals surface area contributed by atoms with Gasteiger partial charge in [0.05, 0.1) is 5.56 Å². The topological polar surface area (TPSA) is 29.3 Å². The van der Waals surface area contributed by atoms with Crippen LogP contribution in [-0.2, 0) is 6.18 Å². The maximum atomic E-state index is 13.2. The molecular formula is C17H17F3N2. The molecule has 0 bridgehead atoms. The first-order valence-corrected chi connectivity index (χ1v) is 7.27. The Balaban J connectivity index is 2.06. The molecule has 5 heteroatoms. The second kappa shape index (κ2) is 5.55. The molecule has 22 heavy (non-hydrogen) atoms. The quantitative estimate of drug-likeness (QED) is 0.824. The number of hydrogen-bond acceptors (Lipinski definition) is 2. The van der Waals surface area contributed by atoms with Gasteiger partial charge in [-0.05, 0) is 48.2 Å². The van der Waals surface area contributed by atoms with Crippen LogP contribution in [0.25, 0.3) is 11.1 Å². The highest BCUT2D eigenvalue weighted by atomic mass is 19.4. The first-order chi connectivity index (χ1) is 10.4. The molecule has 2 aromatic carbocycles. The summed E-state index contributed by atoms with van der Waals surface area (Å²) in [5.41, 5.74) is 6.66. The van der Waals surface area contributed by atoms with Gasteiger partial charge in [0, 0.05) is 24.5 Å². The maximum Gasteiger partial charge on any atom is 0.417 e. The molecule has 0 radical (unpaired) electrons. The summed E-state index contributed by atoms with van der Waals surface area (Å²) in [4.78, 5) is 2.20. The summed E-state index contributed by atoms with van der Waals surface area (Å²) >= 11 is 0. The Morgan fingerprint density at radius 2 is 1.68 bits per heavy atom. The fourth-order valence-corrected chi connectivity index (χ4v) is 2.89. The van der Waals surface area contributed by atoms with Gasteiger partial charge in [0.2, 0.25) is 0 Å². The van der Waals surface area contributed by atoms with E-state index in [0.717, 1.165) is 37.7 Å². The Kier molecular flexibility index (Phi) is 3.72. The van der Waals surface area contributed by atoms with Crippen molar-refractivity contribution in [1.29, 1.82) is 0 Å². The van der Waals surface area contributed by atoms with Crippen LogP contribution in [0.1, 0.15) is 18.4 Å². The van der Waals surface area contributed by atoms with Crippen molar-refractivity contribution in [3.63, 3.8) is 0 Å². The van der Waals surface area contributed by atoms with Crippen molar-refractivity contribution in [2.45, 2.75) is 19.0 Å². The number of nitrogens with two attached hydrogens (primary N) is 1. The third kappa shape index (κ3) is 2.89. The molecule has 0 spiro atoms. The highest BCUT2D eigenvalue weighted by Gasteiger charge is 2.34. The van der Waals surface area contributed by atoms with Crippen LogP contribution in [0.15, 0.2) is 42.5 Å². The van der Waals surface area contributed by atoms with Crippen LogP contribution < -0.4 is 10.6 Å². The monoisotopic (exact) mass is 306 g/mol. The smallest absolute Gasteiger partial charge is 0.399 e. The number of alkyl halides is 3. The van der Waals surface area contributed by atoms with E-state index in [4.69, 9.17) is 5.73 Å². The number of rotatable bonds is 2. The zero-order chi connectivity index (χ0) is 15.7. The van der Waals surface area contributed by atoms with E-state index in [-0.39, 0.29) is 11.3 Å². The minimum Gasteiger partial charge on any atom is -0.399 e. The van der Waals surface area contributed by atoms with Crippen LogP contribution in [0.2, 0.25) is 0 Å². The van der Waals surface area contributed by atoms with E-state index in [0.29, 0.717) is 5.56 Å². The van der Waals surface area contributed by atoms with E-state index in [1.54, 1.807) is 12.1 Å². The lowest BCUT2D eigenvalue weighted by Gasteiger charge is -2.19. The average Bonchev–Trinajstić information content (AvgIpc) is 3.01. The van der Waals surface area contributed by atoms with E-state index in [9.17, 15) is 13.2 Å². The van der Waals surface area contributed by atoms with Crippen LogP contribution in [0.3, 0.4) is 0 Å². The third-order valence-corrected chi connectivity index (χ3v) is 3.98. The molecule has 2 aromatic rings. The third-order valence-electron chi connectivity index (χ3n) is 3.98. The normalized spacial score (nSPS) is 15.3. The number of hydrogen-bond donors (Lipinski definition) is 1. The first kappa shape index (κ1) is 14.8. The van der Waals surface area contributed by atoms with Crippen molar-refractivity contribution in [3.8, 4) is 11.1 Å². The zero-order valence-electron chi connectivity index (χ0n) is 12.0. The molecule has 2 N–H and O–H groups in total. The summed E-state index contributed by atoms with van der Waals surface area (Å²) < 4.78 is 39.7. The van der Waals surface area contributed by atoms with Crippen LogP contribution in [0.5, 0.6) is 0 Å². The van der Waals surface area contributed by atoms with Crippen LogP contribution in [0.4, 0.5) is 24.5 Å². The van der Waals surface area contributed by atoms with Gasteiger partial charge in [-0.25, -0.2) is 0 Å². The second-order valence-electron chi connectivity index (χ2n) is 5.55. The molecule has 1 aliphatic heterocycles. The fourth-order valence-electron chi connectivity index (χ4n) is 2.89. The number of nitrogen functional groups attached to an aromatic ring is 1. The standard InChI is InChI=1S/C17H17F3N2/c18-17(19,20)16-11-13(21)6-7-15(16)12-4-3-5-14(10-12)22-8-1-2-9-22/h3-7,10-11H,1-2,8-9,21H2. The second-order valence-corrected chi connectivity index (χ2v) is 5.55. The molecule has 0 saturated carbocycles. The maximum absolute atomic E-state index is 13.2. The van der Waals surface area contributed by atoms with E-state index in [2.05, 4.69) is 4.90 Å². The first-order valence-electron chi connectivity index (χ1n) is 7.27. The fraction of sp³-hybridized carbons (Fsp3) is 0.294. The van der Waals surface area contributed by atoms with E-state index < -0.39 is 11.7 Å². The Labute approximate surface area is 127 Å². The lowest BCUT2D eigenvalue weighted by molar-refractivity contribution is -0.137. The van der Waals surface area contributed by atoms with Gasteiger partial charge in [0.1, 0.15) is 0 Å². The predicted octanol–water partition coefficient (Wildman–Crippen LogP) is 4.55. The van der Waals surface area contributed by atoms with Gasteiger partial charge in [-0.1, -0.05) is 18.2 Å². The molecule has 0 aliphatic carbocycles. The van der Waals surface area contributed by atoms with Crippen molar-refractivity contribution < 1.29 is 13.2 Å². The number of nitrogens with zero attached hydrogens (tertiary/aromatic N) is 1. The molecule has 1 aliphatic rings. The summed E-state index contributed by atoms with van der Waals surface area (Å²) in [6, 6.07) is 11.2. The summed E-state index contributed by atoms with van der Waals surface area (Å²) in [5, 5.41) is 0. The number of halogens is 3. The van der Waals surface area contributed by atoms with E-state index in [1.807, 2.05) is 12.1 Å². The predicted molar refractivity (Wildman–Crippen MR) is 82.7 cm³/mol. The van der Waals surface area contributed by atoms with Crippen LogP contribution >= 0.6 is 0 Å². The largest absolute Gasteiger partial charge is 0.417 e. The SMILES string of the molecule is Nc1ccc(-c2cccc(N3CCCC3)c2)c(C(F)(F)F)c1. The van der Waals surface area contributed by atoms with Crippen molar-refractivity contribution in [2.75, 3.05) is 23.7 Å². The zero-order valence-corrected chi connectivity index (χ0v) is 12.0. The van der Waals surface area contributed by atoms with Crippen molar-refractivity contribution >= 4 is 11.4 Å². The summed E-state index contributed by atoms with van der Waals surface area (Å²) in [5.74, 6) is 0. The van der Waals surface area contributed by atoms with Gasteiger partial charge in [0.25, 0.3) is 0 Å². The van der Waals surface area contributed by atoms with Crippen molar-refractivity contribution in [2.24, 2.45) is 0 Å². The molecule has 116 valence electrons. The molecule has 2 nitrogen and oxygen atoms in total. The lowest BCUT2D eigenvalue weighted by Crippen LogP contribution is -2.17. The molecule has 0 amide bonds. The van der Waals surface area contributed by atoms with Gasteiger partial charge >= 0.3 is 6.18 Å². The highest BCUT2D eigenvalue weighted by molar-refractivity contribution is 5.73. The Bertz CT molecular complexity index is 674. The van der Waals surface area contributed by atoms with Crippen LogP contribution in [0, 0.1) is 0 Å². The molecule has 0 aromatic heterocycles. The number of anilines is 2. The average molecular weight is 306 g/mol. The van der Waals surface area contributed by atoms with Gasteiger partial charge in [0.15, 0.2) is 0 Å². The molecule has 0 atom stereocenters. The Morgan fingerprint density at radius 3 is 2.36 bits per heavy atom. The van der Waals surface area contributed by atoms with E-state index >= 15 is 0 Å². The molecule has 0 unspecified atom stereocenters. The minimum atomic E-state index is -4.42. The summed E-state index contributed by atoms with van der Waals surface area (Å²) in [6.07, 6.45) is -2.17. The van der Waals surface area contributed by atoms with Crippen molar-refractivity contribution in [3.05, 3.63) is 48.0 Å². The summed E-state index contributed by atoms with van der Waals surface area (Å²) in [7, 11) is 0. The van der Waals surface area contributed by atoms with Gasteiger partial charge in [-0.2, -0.15) is 13.2 Å². The molecule has 1 fully saturated rings. The minimum absolute atomic E-state index is 0.117. The lowest BCUT2D eigenvalue weighted by atomic mass is 9.98. The number of benzene rings is 2. The Hall–Kier alpha value is -2.17. The van der Waals surface area contributed by atoms with Crippen molar-refractivity contribution in [1.82, 2.24) is 0 Å². The summed E-state index contributed by atoms with van der Waals surface area (Å²) in [6.45, 7) is 1.91. The van der Waals surface area contributed by atoms with E-state index in [1.165, 1.54) is 12.1 Å². The Morgan fingerprint density at radius 1 is 0.955 bits per heavy atom. The van der Waals surface area contributed by atoms with Gasteiger partial charge in [-0.15, -0.1) is 0 Å². The van der Waals surface area contributed by atoms with Crippen LogP contribution in [-0.4, -0.2) is 13.1 Å².